The van der Waals surface area contributed by atoms with Gasteiger partial charge in [-0.15, -0.1) is 17.5 Å². The maximum atomic E-state index is 12.4. The molecule has 1 aliphatic rings. The fraction of sp³-hybridized carbons (Fsp3) is 0.0385. The number of nitrogens with one attached hydrogen (secondary N) is 2. The third kappa shape index (κ3) is 5.20. The lowest BCUT2D eigenvalue weighted by molar-refractivity contribution is -0.111. The van der Waals surface area contributed by atoms with Gasteiger partial charge in [-0.05, 0) is 41.0 Å². The van der Waals surface area contributed by atoms with Crippen LogP contribution in [0, 0.1) is 0 Å². The second-order valence-electron chi connectivity index (χ2n) is 7.50. The van der Waals surface area contributed by atoms with Gasteiger partial charge < -0.3 is 5.32 Å². The molecule has 8 heteroatoms. The van der Waals surface area contributed by atoms with Crippen LogP contribution < -0.4 is 10.6 Å². The fourth-order valence-electron chi connectivity index (χ4n) is 3.62. The first kappa shape index (κ1) is 23.3. The summed E-state index contributed by atoms with van der Waals surface area (Å²) in [6.07, 6.45) is 5.30. The van der Waals surface area contributed by atoms with Crippen LogP contribution in [0.3, 0.4) is 0 Å². The number of carbonyl (C=O) groups is 1. The normalized spacial score (nSPS) is 14.5. The number of benzene rings is 3. The minimum absolute atomic E-state index is 0. The molecule has 1 atom stereocenters. The summed E-state index contributed by atoms with van der Waals surface area (Å²) in [4.78, 5) is 17.0. The highest BCUT2D eigenvalue weighted by Crippen LogP contribution is 2.33. The molecule has 5 rings (SSSR count). The van der Waals surface area contributed by atoms with E-state index in [9.17, 15) is 4.79 Å². The van der Waals surface area contributed by atoms with Gasteiger partial charge in [0, 0.05) is 16.8 Å². The molecule has 0 aliphatic carbocycles. The Labute approximate surface area is 208 Å². The molecule has 0 fully saturated rings. The van der Waals surface area contributed by atoms with E-state index in [0.29, 0.717) is 11.0 Å². The van der Waals surface area contributed by atoms with Crippen molar-refractivity contribution in [3.63, 3.8) is 0 Å². The number of amides is 1. The second-order valence-corrected chi connectivity index (χ2v) is 7.94. The molecule has 0 spiro atoms. The van der Waals surface area contributed by atoms with Crippen LogP contribution in [0.1, 0.15) is 22.7 Å². The number of allylic oxidation sites excluding steroid dienone is 1. The lowest BCUT2D eigenvalue weighted by Gasteiger charge is -2.24. The van der Waals surface area contributed by atoms with Crippen LogP contribution in [0.5, 0.6) is 0 Å². The van der Waals surface area contributed by atoms with Crippen LogP contribution in [0.25, 0.3) is 11.8 Å². The van der Waals surface area contributed by atoms with Gasteiger partial charge in [0.2, 0.25) is 5.95 Å². The molecular formula is C26H21Cl2N5O. The zero-order valence-corrected chi connectivity index (χ0v) is 19.5. The van der Waals surface area contributed by atoms with Crippen molar-refractivity contribution in [2.75, 3.05) is 10.6 Å². The van der Waals surface area contributed by atoms with Gasteiger partial charge in [0.1, 0.15) is 6.04 Å². The molecule has 3 aromatic carbocycles. The Kier molecular flexibility index (Phi) is 7.11. The largest absolute Gasteiger partial charge is 0.324 e. The first-order valence-electron chi connectivity index (χ1n) is 10.5. The molecular weight excluding hydrogens is 469 g/mol. The van der Waals surface area contributed by atoms with Crippen molar-refractivity contribution in [1.29, 1.82) is 0 Å². The van der Waals surface area contributed by atoms with Crippen LogP contribution in [0.15, 0.2) is 97.1 Å². The Bertz CT molecular complexity index is 1330. The van der Waals surface area contributed by atoms with Gasteiger partial charge in [-0.25, -0.2) is 4.68 Å². The van der Waals surface area contributed by atoms with Gasteiger partial charge in [0.15, 0.2) is 0 Å². The highest BCUT2D eigenvalue weighted by molar-refractivity contribution is 6.30. The third-order valence-electron chi connectivity index (χ3n) is 5.22. The van der Waals surface area contributed by atoms with Gasteiger partial charge in [-0.1, -0.05) is 84.4 Å². The van der Waals surface area contributed by atoms with Crippen molar-refractivity contribution in [1.82, 2.24) is 14.8 Å². The molecule has 34 heavy (non-hydrogen) atoms. The van der Waals surface area contributed by atoms with E-state index in [1.165, 1.54) is 6.08 Å². The molecule has 1 aliphatic heterocycles. The van der Waals surface area contributed by atoms with E-state index >= 15 is 0 Å². The predicted molar refractivity (Wildman–Crippen MR) is 139 cm³/mol. The number of fused-ring (bicyclic) bond motifs is 1. The van der Waals surface area contributed by atoms with E-state index in [0.717, 1.165) is 22.4 Å². The number of anilines is 2. The number of hydrogen-bond acceptors (Lipinski definition) is 4. The lowest BCUT2D eigenvalue weighted by atomic mass is 10.0. The maximum absolute atomic E-state index is 12.4. The predicted octanol–water partition coefficient (Wildman–Crippen LogP) is 6.06. The first-order valence-corrected chi connectivity index (χ1v) is 10.8. The number of hydrogen-bond donors (Lipinski definition) is 2. The maximum Gasteiger partial charge on any atom is 0.250 e. The molecule has 0 bridgehead atoms. The van der Waals surface area contributed by atoms with E-state index in [-0.39, 0.29) is 30.3 Å². The molecule has 6 nitrogen and oxygen atoms in total. The molecule has 170 valence electrons. The minimum atomic E-state index is -0.305. The summed E-state index contributed by atoms with van der Waals surface area (Å²) in [5.74, 6) is 0.460. The Morgan fingerprint density at radius 1 is 0.971 bits per heavy atom. The van der Waals surface area contributed by atoms with Crippen molar-refractivity contribution in [3.05, 3.63) is 119 Å². The standard InChI is InChI=1S/C26H20ClN5O.ClH/c27-21-14-12-20(13-15-21)23-17-22(19-9-5-2-6-10-19)28-26-30-25(31-32(23)26)29-24(33)16-11-18-7-3-1-4-8-18;/h1-17,23H,(H2,28,29,30,31,33);1H. The second kappa shape index (κ2) is 10.4. The van der Waals surface area contributed by atoms with Crippen molar-refractivity contribution < 1.29 is 4.79 Å². The summed E-state index contributed by atoms with van der Waals surface area (Å²) in [5.41, 5.74) is 3.88. The third-order valence-corrected chi connectivity index (χ3v) is 5.48. The molecule has 1 unspecified atom stereocenters. The van der Waals surface area contributed by atoms with Crippen molar-refractivity contribution in [3.8, 4) is 0 Å². The van der Waals surface area contributed by atoms with Crippen molar-refractivity contribution in [2.24, 2.45) is 0 Å². The van der Waals surface area contributed by atoms with Crippen molar-refractivity contribution in [2.45, 2.75) is 6.04 Å². The highest BCUT2D eigenvalue weighted by atomic mass is 35.5. The number of nitrogens with zero attached hydrogens (tertiary/aromatic N) is 3. The number of carbonyl (C=O) groups excluding carboxylic acids is 1. The van der Waals surface area contributed by atoms with Crippen LogP contribution in [-0.2, 0) is 4.79 Å². The lowest BCUT2D eigenvalue weighted by Crippen LogP contribution is -2.20. The quantitative estimate of drug-likeness (QED) is 0.334. The smallest absolute Gasteiger partial charge is 0.250 e. The van der Waals surface area contributed by atoms with Crippen LogP contribution >= 0.6 is 24.0 Å². The van der Waals surface area contributed by atoms with E-state index in [2.05, 4.69) is 26.8 Å². The number of rotatable bonds is 5. The number of halogens is 2. The summed E-state index contributed by atoms with van der Waals surface area (Å²) in [6, 6.07) is 27.0. The van der Waals surface area contributed by atoms with Gasteiger partial charge in [0.05, 0.1) is 0 Å². The molecule has 1 amide bonds. The van der Waals surface area contributed by atoms with Gasteiger partial charge in [0.25, 0.3) is 11.9 Å². The Morgan fingerprint density at radius 2 is 1.65 bits per heavy atom. The number of aromatic nitrogens is 3. The van der Waals surface area contributed by atoms with Crippen LogP contribution in [0.4, 0.5) is 11.9 Å². The Hall–Kier alpha value is -3.87. The molecule has 0 saturated heterocycles. The summed E-state index contributed by atoms with van der Waals surface area (Å²) in [5, 5.41) is 11.3. The zero-order valence-electron chi connectivity index (χ0n) is 17.9. The van der Waals surface area contributed by atoms with Gasteiger partial charge >= 0.3 is 0 Å². The van der Waals surface area contributed by atoms with E-state index < -0.39 is 0 Å². The van der Waals surface area contributed by atoms with E-state index in [4.69, 9.17) is 11.6 Å². The minimum Gasteiger partial charge on any atom is -0.324 e. The average Bonchev–Trinajstić information content (AvgIpc) is 3.26. The van der Waals surface area contributed by atoms with Crippen LogP contribution in [0.2, 0.25) is 5.02 Å². The zero-order chi connectivity index (χ0) is 22.6. The van der Waals surface area contributed by atoms with Crippen LogP contribution in [-0.4, -0.2) is 20.7 Å². The Morgan fingerprint density at radius 3 is 2.35 bits per heavy atom. The Balaban J connectivity index is 0.00000274. The summed E-state index contributed by atoms with van der Waals surface area (Å²) < 4.78 is 1.76. The first-order chi connectivity index (χ1) is 16.2. The monoisotopic (exact) mass is 489 g/mol. The summed E-state index contributed by atoms with van der Waals surface area (Å²) in [7, 11) is 0. The average molecular weight is 490 g/mol. The highest BCUT2D eigenvalue weighted by Gasteiger charge is 2.25. The summed E-state index contributed by atoms with van der Waals surface area (Å²) in [6.45, 7) is 0. The molecule has 0 radical (unpaired) electrons. The molecule has 2 N–H and O–H groups in total. The summed E-state index contributed by atoms with van der Waals surface area (Å²) >= 11 is 6.09. The molecule has 2 heterocycles. The molecule has 4 aromatic rings. The van der Waals surface area contributed by atoms with Gasteiger partial charge in [-0.2, -0.15) is 4.98 Å². The van der Waals surface area contributed by atoms with E-state index in [1.54, 1.807) is 10.8 Å². The topological polar surface area (TPSA) is 71.8 Å². The SMILES string of the molecule is Cl.O=C(C=Cc1ccccc1)Nc1nc2n(n1)C(c1ccc(Cl)cc1)C=C(c1ccccc1)N2. The fourth-order valence-corrected chi connectivity index (χ4v) is 3.74. The van der Waals surface area contributed by atoms with Gasteiger partial charge in [-0.3, -0.25) is 10.1 Å². The molecule has 0 saturated carbocycles. The molecule has 1 aromatic heterocycles. The van der Waals surface area contributed by atoms with Crippen molar-refractivity contribution >= 4 is 53.6 Å². The van der Waals surface area contributed by atoms with E-state index in [1.807, 2.05) is 84.9 Å².